The Kier molecular flexibility index (Phi) is 2.98. The fourth-order valence-corrected chi connectivity index (χ4v) is 1.93. The lowest BCUT2D eigenvalue weighted by molar-refractivity contribution is -0.140. The molecule has 12 heavy (non-hydrogen) atoms. The first-order valence-electron chi connectivity index (χ1n) is 5.05. The van der Waals surface area contributed by atoms with Crippen LogP contribution in [-0.4, -0.2) is 42.9 Å². The van der Waals surface area contributed by atoms with Crippen molar-refractivity contribution in [3.8, 4) is 0 Å². The maximum atomic E-state index is 5.45. The highest BCUT2D eigenvalue weighted by Crippen LogP contribution is 2.11. The van der Waals surface area contributed by atoms with E-state index in [1.807, 2.05) is 0 Å². The molecule has 2 aliphatic rings. The molecule has 0 aliphatic carbocycles. The number of hydrogen-bond donors (Lipinski definition) is 0. The van der Waals surface area contributed by atoms with Gasteiger partial charge in [-0.2, -0.15) is 5.06 Å². The Labute approximate surface area is 74.2 Å². The molecule has 0 aromatic heterocycles. The van der Waals surface area contributed by atoms with E-state index in [1.54, 1.807) is 0 Å². The van der Waals surface area contributed by atoms with Gasteiger partial charge in [-0.05, 0) is 32.4 Å². The Hall–Kier alpha value is -0.120. The van der Waals surface area contributed by atoms with Crippen LogP contribution in [0, 0.1) is 0 Å². The zero-order valence-corrected chi connectivity index (χ0v) is 7.67. The topological polar surface area (TPSA) is 15.7 Å². The molecule has 0 atom stereocenters. The molecule has 0 amide bonds. The van der Waals surface area contributed by atoms with Gasteiger partial charge in [0.25, 0.3) is 0 Å². The molecule has 2 aliphatic heterocycles. The number of piperidine rings is 1. The van der Waals surface area contributed by atoms with Crippen LogP contribution in [0.15, 0.2) is 0 Å². The van der Waals surface area contributed by atoms with Gasteiger partial charge in [-0.1, -0.05) is 6.42 Å². The second kappa shape index (κ2) is 4.21. The average molecular weight is 170 g/mol. The van der Waals surface area contributed by atoms with Gasteiger partial charge in [0.1, 0.15) is 0 Å². The van der Waals surface area contributed by atoms with E-state index in [9.17, 15) is 0 Å². The Morgan fingerprint density at radius 3 is 2.42 bits per heavy atom. The van der Waals surface area contributed by atoms with Crippen LogP contribution >= 0.6 is 0 Å². The fourth-order valence-electron chi connectivity index (χ4n) is 1.93. The lowest BCUT2D eigenvalue weighted by atomic mass is 10.1. The van der Waals surface area contributed by atoms with Crippen LogP contribution in [0.4, 0.5) is 0 Å². The van der Waals surface area contributed by atoms with Gasteiger partial charge in [0.2, 0.25) is 0 Å². The van der Waals surface area contributed by atoms with E-state index in [4.69, 9.17) is 4.84 Å². The molecule has 0 saturated carbocycles. The van der Waals surface area contributed by atoms with Crippen molar-refractivity contribution in [2.45, 2.75) is 25.7 Å². The Bertz CT molecular complexity index is 128. The first-order valence-corrected chi connectivity index (χ1v) is 5.05. The Morgan fingerprint density at radius 1 is 0.917 bits per heavy atom. The molecule has 3 heteroatoms. The first-order chi connectivity index (χ1) is 5.95. The largest absolute Gasteiger partial charge is 0.298 e. The lowest BCUT2D eigenvalue weighted by Crippen LogP contribution is -2.38. The maximum Gasteiger partial charge on any atom is 0.0756 e. The number of hydrogen-bond acceptors (Lipinski definition) is 3. The predicted molar refractivity (Wildman–Crippen MR) is 47.6 cm³/mol. The standard InChI is InChI=1S/C9H18N2O/c1-2-5-10(6-3-1)9-11-7-4-8-12-11/h1-9H2. The van der Waals surface area contributed by atoms with Crippen molar-refractivity contribution in [2.24, 2.45) is 0 Å². The minimum Gasteiger partial charge on any atom is -0.298 e. The molecular weight excluding hydrogens is 152 g/mol. The quantitative estimate of drug-likeness (QED) is 0.616. The summed E-state index contributed by atoms with van der Waals surface area (Å²) < 4.78 is 0. The summed E-state index contributed by atoms with van der Waals surface area (Å²) in [5, 5.41) is 2.10. The molecule has 0 spiro atoms. The van der Waals surface area contributed by atoms with Gasteiger partial charge in [0, 0.05) is 6.54 Å². The summed E-state index contributed by atoms with van der Waals surface area (Å²) in [5.41, 5.74) is 0. The summed E-state index contributed by atoms with van der Waals surface area (Å²) in [7, 11) is 0. The molecule has 3 nitrogen and oxygen atoms in total. The van der Waals surface area contributed by atoms with E-state index >= 15 is 0 Å². The van der Waals surface area contributed by atoms with Crippen LogP contribution in [0.3, 0.4) is 0 Å². The van der Waals surface area contributed by atoms with Gasteiger partial charge in [-0.3, -0.25) is 9.74 Å². The van der Waals surface area contributed by atoms with Crippen LogP contribution in [-0.2, 0) is 4.84 Å². The highest BCUT2D eigenvalue weighted by atomic mass is 16.7. The lowest BCUT2D eigenvalue weighted by Gasteiger charge is -2.29. The average Bonchev–Trinajstić information content (AvgIpc) is 2.59. The summed E-state index contributed by atoms with van der Waals surface area (Å²) in [6.07, 6.45) is 5.35. The SMILES string of the molecule is C1CCN(CN2CCCO2)CC1. The van der Waals surface area contributed by atoms with Crippen molar-refractivity contribution in [3.05, 3.63) is 0 Å². The van der Waals surface area contributed by atoms with Gasteiger partial charge in [-0.15, -0.1) is 0 Å². The Balaban J connectivity index is 1.69. The molecule has 0 unspecified atom stereocenters. The van der Waals surface area contributed by atoms with Gasteiger partial charge in [-0.25, -0.2) is 0 Å². The van der Waals surface area contributed by atoms with Crippen LogP contribution in [0.25, 0.3) is 0 Å². The fraction of sp³-hybridized carbons (Fsp3) is 1.00. The van der Waals surface area contributed by atoms with Crippen molar-refractivity contribution >= 4 is 0 Å². The van der Waals surface area contributed by atoms with E-state index in [2.05, 4.69) is 9.96 Å². The normalized spacial score (nSPS) is 28.0. The molecule has 2 fully saturated rings. The predicted octanol–water partition coefficient (Wildman–Crippen LogP) is 1.07. The summed E-state index contributed by atoms with van der Waals surface area (Å²) in [5.74, 6) is 0. The van der Waals surface area contributed by atoms with Crippen molar-refractivity contribution in [3.63, 3.8) is 0 Å². The van der Waals surface area contributed by atoms with Gasteiger partial charge >= 0.3 is 0 Å². The molecule has 2 rings (SSSR count). The molecule has 0 aromatic carbocycles. The van der Waals surface area contributed by atoms with E-state index in [0.29, 0.717) is 0 Å². The van der Waals surface area contributed by atoms with Gasteiger partial charge < -0.3 is 0 Å². The van der Waals surface area contributed by atoms with Crippen molar-refractivity contribution in [1.82, 2.24) is 9.96 Å². The molecule has 0 radical (unpaired) electrons. The number of nitrogens with zero attached hydrogens (tertiary/aromatic N) is 2. The zero-order chi connectivity index (χ0) is 8.23. The van der Waals surface area contributed by atoms with Gasteiger partial charge in [0.05, 0.1) is 13.3 Å². The van der Waals surface area contributed by atoms with Crippen LogP contribution in [0.1, 0.15) is 25.7 Å². The third-order valence-corrected chi connectivity index (χ3v) is 2.63. The summed E-state index contributed by atoms with van der Waals surface area (Å²) in [6.45, 7) is 5.60. The monoisotopic (exact) mass is 170 g/mol. The maximum absolute atomic E-state index is 5.45. The molecule has 0 N–H and O–H groups in total. The second-order valence-electron chi connectivity index (χ2n) is 3.71. The van der Waals surface area contributed by atoms with Crippen LogP contribution in [0.5, 0.6) is 0 Å². The van der Waals surface area contributed by atoms with Crippen molar-refractivity contribution in [1.29, 1.82) is 0 Å². The van der Waals surface area contributed by atoms with E-state index in [1.165, 1.54) is 38.8 Å². The Morgan fingerprint density at radius 2 is 1.75 bits per heavy atom. The van der Waals surface area contributed by atoms with Crippen LogP contribution in [0.2, 0.25) is 0 Å². The van der Waals surface area contributed by atoms with Crippen molar-refractivity contribution < 1.29 is 4.84 Å². The molecule has 2 saturated heterocycles. The smallest absolute Gasteiger partial charge is 0.0756 e. The number of likely N-dealkylation sites (tertiary alicyclic amines) is 1. The zero-order valence-electron chi connectivity index (χ0n) is 7.67. The van der Waals surface area contributed by atoms with Crippen LogP contribution < -0.4 is 0 Å². The molecule has 0 bridgehead atoms. The summed E-state index contributed by atoms with van der Waals surface area (Å²) >= 11 is 0. The van der Waals surface area contributed by atoms with Gasteiger partial charge in [0.15, 0.2) is 0 Å². The van der Waals surface area contributed by atoms with E-state index in [-0.39, 0.29) is 0 Å². The molecule has 70 valence electrons. The molecular formula is C9H18N2O. The highest BCUT2D eigenvalue weighted by Gasteiger charge is 2.17. The van der Waals surface area contributed by atoms with Crippen molar-refractivity contribution in [2.75, 3.05) is 32.9 Å². The minimum absolute atomic E-state index is 0.924. The first kappa shape index (κ1) is 8.48. The summed E-state index contributed by atoms with van der Waals surface area (Å²) in [4.78, 5) is 7.94. The minimum atomic E-state index is 0.924. The molecule has 0 aromatic rings. The second-order valence-corrected chi connectivity index (χ2v) is 3.71. The van der Waals surface area contributed by atoms with E-state index in [0.717, 1.165) is 19.8 Å². The summed E-state index contributed by atoms with van der Waals surface area (Å²) in [6, 6.07) is 0. The number of hydroxylamine groups is 2. The highest BCUT2D eigenvalue weighted by molar-refractivity contribution is 4.64. The number of rotatable bonds is 2. The van der Waals surface area contributed by atoms with E-state index < -0.39 is 0 Å². The molecule has 2 heterocycles. The third-order valence-electron chi connectivity index (χ3n) is 2.63. The third kappa shape index (κ3) is 2.19.